The van der Waals surface area contributed by atoms with Crippen LogP contribution in [-0.2, 0) is 52.3 Å². The Morgan fingerprint density at radius 3 is 1.21 bits per heavy atom. The summed E-state index contributed by atoms with van der Waals surface area (Å²) in [5.41, 5.74) is 0. The highest BCUT2D eigenvalue weighted by Gasteiger charge is 2.28. The SMILES string of the molecule is CCCCC#CCCOC(CCCCC(=O)OCC(COC(=O)CCCCC(OCCC#CCCCC)OCCC#CCCCCC)N(CCCN(C)C)C(=O)CCC(=O)OC(CCC)CCCCCC)OCCC#CCCCC. The van der Waals surface area contributed by atoms with Crippen molar-refractivity contribution in [1.82, 2.24) is 9.80 Å². The van der Waals surface area contributed by atoms with Gasteiger partial charge in [0, 0.05) is 77.2 Å². The third-order valence-corrected chi connectivity index (χ3v) is 13.1. The van der Waals surface area contributed by atoms with E-state index in [9.17, 15) is 19.2 Å². The fourth-order valence-corrected chi connectivity index (χ4v) is 8.32. The molecule has 0 aliphatic carbocycles. The van der Waals surface area contributed by atoms with Crippen molar-refractivity contribution in [3.05, 3.63) is 0 Å². The van der Waals surface area contributed by atoms with Crippen LogP contribution >= 0.6 is 0 Å². The van der Waals surface area contributed by atoms with Crippen LogP contribution < -0.4 is 0 Å². The van der Waals surface area contributed by atoms with Gasteiger partial charge >= 0.3 is 17.9 Å². The van der Waals surface area contributed by atoms with Crippen LogP contribution in [0.4, 0.5) is 0 Å². The highest BCUT2D eigenvalue weighted by molar-refractivity contribution is 5.82. The molecule has 13 nitrogen and oxygen atoms in total. The lowest BCUT2D eigenvalue weighted by molar-refractivity contribution is -0.156. The fraction of sp³-hybridized carbons (Fsp3) is 0.821. The molecule has 0 heterocycles. The van der Waals surface area contributed by atoms with Crippen molar-refractivity contribution < 1.29 is 52.3 Å². The molecule has 0 aliphatic heterocycles. The maximum atomic E-state index is 14.2. The summed E-state index contributed by atoms with van der Waals surface area (Å²) >= 11 is 0. The van der Waals surface area contributed by atoms with E-state index >= 15 is 0 Å². The van der Waals surface area contributed by atoms with Gasteiger partial charge in [0.25, 0.3) is 0 Å². The van der Waals surface area contributed by atoms with E-state index in [1.54, 1.807) is 4.90 Å². The molecule has 0 aliphatic rings. The Labute approximate surface area is 489 Å². The molecule has 80 heavy (non-hydrogen) atoms. The van der Waals surface area contributed by atoms with E-state index in [0.29, 0.717) is 110 Å². The molecular weight excluding hydrogens is 1010 g/mol. The van der Waals surface area contributed by atoms with Crippen molar-refractivity contribution in [1.29, 1.82) is 0 Å². The number of carbonyl (C=O) groups is 4. The maximum absolute atomic E-state index is 14.2. The van der Waals surface area contributed by atoms with Crippen LogP contribution in [0.5, 0.6) is 0 Å². The average Bonchev–Trinajstić information content (AvgIpc) is 3.44. The largest absolute Gasteiger partial charge is 0.463 e. The number of hydrogen-bond acceptors (Lipinski definition) is 12. The summed E-state index contributed by atoms with van der Waals surface area (Å²) < 4.78 is 42.1. The zero-order chi connectivity index (χ0) is 58.8. The second-order valence-electron chi connectivity index (χ2n) is 21.0. The summed E-state index contributed by atoms with van der Waals surface area (Å²) in [6.45, 7) is 15.4. The van der Waals surface area contributed by atoms with Gasteiger partial charge in [-0.05, 0) is 111 Å². The summed E-state index contributed by atoms with van der Waals surface area (Å²) in [7, 11) is 3.92. The molecule has 0 rings (SSSR count). The molecule has 0 N–H and O–H groups in total. The van der Waals surface area contributed by atoms with E-state index in [1.165, 1.54) is 12.8 Å². The molecule has 0 radical (unpaired) electrons. The van der Waals surface area contributed by atoms with Gasteiger partial charge in [0.1, 0.15) is 19.3 Å². The lowest BCUT2D eigenvalue weighted by atomic mass is 10.1. The van der Waals surface area contributed by atoms with Gasteiger partial charge in [0.15, 0.2) is 12.6 Å². The number of carbonyl (C=O) groups excluding carboxylic acids is 4. The van der Waals surface area contributed by atoms with E-state index in [4.69, 9.17) is 33.2 Å². The molecule has 0 saturated heterocycles. The van der Waals surface area contributed by atoms with Gasteiger partial charge in [-0.25, -0.2) is 0 Å². The zero-order valence-electron chi connectivity index (χ0n) is 52.1. The van der Waals surface area contributed by atoms with Gasteiger partial charge in [-0.3, -0.25) is 19.2 Å². The summed E-state index contributed by atoms with van der Waals surface area (Å²) in [6, 6.07) is -0.771. The number of unbranched alkanes of at least 4 members (excludes halogenated alkanes) is 14. The molecule has 0 aromatic heterocycles. The Kier molecular flexibility index (Phi) is 55.2. The number of esters is 3. The summed E-state index contributed by atoms with van der Waals surface area (Å²) in [6.07, 6.45) is 26.2. The average molecular weight is 1120 g/mol. The molecule has 3 unspecified atom stereocenters. The molecular formula is C67H114N2O11. The first-order valence-electron chi connectivity index (χ1n) is 31.8. The predicted molar refractivity (Wildman–Crippen MR) is 324 cm³/mol. The van der Waals surface area contributed by atoms with Crippen LogP contribution in [0.3, 0.4) is 0 Å². The molecule has 0 fully saturated rings. The Balaban J connectivity index is 6.05. The first-order valence-corrected chi connectivity index (χ1v) is 31.8. The normalized spacial score (nSPS) is 12.0. The number of nitrogens with zero attached hydrogens (tertiary/aromatic N) is 2. The Morgan fingerprint density at radius 2 is 0.787 bits per heavy atom. The van der Waals surface area contributed by atoms with Crippen molar-refractivity contribution >= 4 is 23.8 Å². The molecule has 0 saturated carbocycles. The molecule has 0 bridgehead atoms. The Hall–Kier alpha value is -4.08. The van der Waals surface area contributed by atoms with Crippen molar-refractivity contribution in [2.45, 2.75) is 291 Å². The van der Waals surface area contributed by atoms with Gasteiger partial charge in [0.05, 0.1) is 38.9 Å². The molecule has 0 spiro atoms. The smallest absolute Gasteiger partial charge is 0.306 e. The van der Waals surface area contributed by atoms with E-state index in [0.717, 1.165) is 116 Å². The minimum absolute atomic E-state index is 0.0785. The molecule has 1 amide bonds. The molecule has 0 aromatic rings. The molecule has 13 heteroatoms. The summed E-state index contributed by atoms with van der Waals surface area (Å²) in [4.78, 5) is 58.0. The van der Waals surface area contributed by atoms with E-state index in [2.05, 4.69) is 88.9 Å². The first kappa shape index (κ1) is 75.9. The van der Waals surface area contributed by atoms with Crippen LogP contribution in [-0.4, -0.2) is 125 Å². The van der Waals surface area contributed by atoms with Crippen LogP contribution in [0.25, 0.3) is 0 Å². The fourth-order valence-electron chi connectivity index (χ4n) is 8.32. The third kappa shape index (κ3) is 49.7. The predicted octanol–water partition coefficient (Wildman–Crippen LogP) is 14.2. The van der Waals surface area contributed by atoms with Gasteiger partial charge in [-0.1, -0.05) is 99.3 Å². The number of amides is 1. The van der Waals surface area contributed by atoms with Gasteiger partial charge in [-0.2, -0.15) is 0 Å². The molecule has 3 atom stereocenters. The topological polar surface area (TPSA) is 139 Å². The number of ether oxygens (including phenoxy) is 7. The molecule has 0 aromatic carbocycles. The Morgan fingerprint density at radius 1 is 0.375 bits per heavy atom. The third-order valence-electron chi connectivity index (χ3n) is 13.1. The van der Waals surface area contributed by atoms with Crippen molar-refractivity contribution in [2.24, 2.45) is 0 Å². The van der Waals surface area contributed by atoms with Crippen LogP contribution in [0.15, 0.2) is 0 Å². The standard InChI is InChI=1S/C67H114N2O11/c1-9-15-20-25-29-33-42-57-77-67(76-56-41-32-28-23-18-12-4)49-38-36-47-64(72)79-59-60(69(53-43-52-68(7)8)62(70)50-51-65(73)80-61(44-14-6)45-34-24-19-13-5)58-78-63(71)46-35-37-48-66(74-54-39-30-26-21-16-10-2)75-55-40-31-27-22-17-11-3/h60-61,66-67H,9-25,34-59H2,1-8H3. The zero-order valence-corrected chi connectivity index (χ0v) is 52.1. The highest BCUT2D eigenvalue weighted by Crippen LogP contribution is 2.18. The minimum atomic E-state index is -0.771. The van der Waals surface area contributed by atoms with Crippen molar-refractivity contribution in [3.8, 4) is 47.4 Å². The van der Waals surface area contributed by atoms with Crippen LogP contribution in [0.2, 0.25) is 0 Å². The van der Waals surface area contributed by atoms with Gasteiger partial charge in [-0.15, -0.1) is 47.4 Å². The minimum Gasteiger partial charge on any atom is -0.463 e. The Bertz CT molecular complexity index is 1740. The highest BCUT2D eigenvalue weighted by atomic mass is 16.7. The monoisotopic (exact) mass is 1120 g/mol. The second kappa shape index (κ2) is 58.1. The van der Waals surface area contributed by atoms with Gasteiger partial charge in [0.2, 0.25) is 5.91 Å². The van der Waals surface area contributed by atoms with Crippen molar-refractivity contribution in [2.75, 3.05) is 66.8 Å². The lowest BCUT2D eigenvalue weighted by Gasteiger charge is -2.32. The van der Waals surface area contributed by atoms with Crippen molar-refractivity contribution in [3.63, 3.8) is 0 Å². The van der Waals surface area contributed by atoms with E-state index in [-0.39, 0.29) is 50.9 Å². The maximum Gasteiger partial charge on any atom is 0.306 e. The van der Waals surface area contributed by atoms with Gasteiger partial charge < -0.3 is 43.0 Å². The van der Waals surface area contributed by atoms with E-state index < -0.39 is 36.5 Å². The number of hydrogen-bond donors (Lipinski definition) is 0. The van der Waals surface area contributed by atoms with E-state index in [1.807, 2.05) is 19.0 Å². The number of rotatable bonds is 51. The van der Waals surface area contributed by atoms with Crippen LogP contribution in [0, 0.1) is 47.4 Å². The quantitative estimate of drug-likeness (QED) is 0.0188. The lowest BCUT2D eigenvalue weighted by Crippen LogP contribution is -2.47. The molecule has 458 valence electrons. The summed E-state index contributed by atoms with van der Waals surface area (Å²) in [5.74, 6) is 24.1. The van der Waals surface area contributed by atoms with Crippen LogP contribution in [0.1, 0.15) is 266 Å². The summed E-state index contributed by atoms with van der Waals surface area (Å²) in [5, 5.41) is 0. The second-order valence-corrected chi connectivity index (χ2v) is 21.0. The first-order chi connectivity index (χ1) is 39.0.